The van der Waals surface area contributed by atoms with Crippen LogP contribution in [0.25, 0.3) is 0 Å². The molecule has 1 saturated heterocycles. The summed E-state index contributed by atoms with van der Waals surface area (Å²) in [4.78, 5) is 6.82. The maximum Gasteiger partial charge on any atom is 0.194 e. The molecule has 8 nitrogen and oxygen atoms in total. The molecular formula is C18H33IN6O2S. The third-order valence-electron chi connectivity index (χ3n) is 5.46. The lowest BCUT2D eigenvalue weighted by atomic mass is 10.2. The van der Waals surface area contributed by atoms with E-state index in [9.17, 15) is 8.42 Å². The van der Waals surface area contributed by atoms with Crippen molar-refractivity contribution in [3.8, 4) is 0 Å². The van der Waals surface area contributed by atoms with Crippen LogP contribution in [0.1, 0.15) is 51.7 Å². The number of fused-ring (bicyclic) bond motifs is 1. The Bertz CT molecular complexity index is 790. The molecule has 1 fully saturated rings. The number of rotatable bonds is 4. The number of halogens is 1. The topological polar surface area (TPSA) is 92.5 Å². The number of hydrogen-bond acceptors (Lipinski definition) is 5. The summed E-state index contributed by atoms with van der Waals surface area (Å²) in [7, 11) is -3.06. The first kappa shape index (κ1) is 23.4. The predicted molar refractivity (Wildman–Crippen MR) is 122 cm³/mol. The van der Waals surface area contributed by atoms with Crippen LogP contribution in [-0.2, 0) is 29.2 Å². The summed E-state index contributed by atoms with van der Waals surface area (Å²) in [5.74, 6) is 3.06. The standard InChI is InChI=1S/C18H32N6O2S.HI/c1-4-19-17(23-12-13-27(25,26)18(2,3)14-23)20-10-9-16-22-21-15-8-6-5-7-11-24(15)16;/h4-14H2,1-3H3,(H,19,20);1H. The fourth-order valence-corrected chi connectivity index (χ4v) is 5.11. The Morgan fingerprint density at radius 3 is 2.71 bits per heavy atom. The fourth-order valence-electron chi connectivity index (χ4n) is 3.74. The predicted octanol–water partition coefficient (Wildman–Crippen LogP) is 1.64. The zero-order valence-electron chi connectivity index (χ0n) is 17.1. The van der Waals surface area contributed by atoms with E-state index in [0.717, 1.165) is 43.5 Å². The molecule has 0 saturated carbocycles. The van der Waals surface area contributed by atoms with E-state index in [1.807, 2.05) is 6.92 Å². The van der Waals surface area contributed by atoms with Crippen LogP contribution in [0.4, 0.5) is 0 Å². The summed E-state index contributed by atoms with van der Waals surface area (Å²) in [6.07, 6.45) is 5.38. The number of nitrogens with zero attached hydrogens (tertiary/aromatic N) is 5. The van der Waals surface area contributed by atoms with Crippen LogP contribution in [0.2, 0.25) is 0 Å². The summed E-state index contributed by atoms with van der Waals surface area (Å²) in [6, 6.07) is 0. The number of hydrogen-bond donors (Lipinski definition) is 1. The summed E-state index contributed by atoms with van der Waals surface area (Å²) in [5, 5.41) is 12.0. The van der Waals surface area contributed by atoms with E-state index in [1.54, 1.807) is 13.8 Å². The summed E-state index contributed by atoms with van der Waals surface area (Å²) in [6.45, 7) is 8.93. The van der Waals surface area contributed by atoms with E-state index in [-0.39, 0.29) is 29.7 Å². The van der Waals surface area contributed by atoms with Gasteiger partial charge in [-0.25, -0.2) is 8.42 Å². The van der Waals surface area contributed by atoms with Crippen LogP contribution in [0, 0.1) is 0 Å². The van der Waals surface area contributed by atoms with Crippen molar-refractivity contribution < 1.29 is 8.42 Å². The summed E-state index contributed by atoms with van der Waals surface area (Å²) < 4.78 is 26.0. The van der Waals surface area contributed by atoms with E-state index in [4.69, 9.17) is 4.99 Å². The summed E-state index contributed by atoms with van der Waals surface area (Å²) >= 11 is 0. The van der Waals surface area contributed by atoms with Gasteiger partial charge in [0.05, 0.1) is 10.5 Å². The van der Waals surface area contributed by atoms with Gasteiger partial charge in [-0.15, -0.1) is 34.2 Å². The van der Waals surface area contributed by atoms with Crippen molar-refractivity contribution in [2.45, 2.75) is 64.2 Å². The molecule has 0 bridgehead atoms. The first-order valence-corrected chi connectivity index (χ1v) is 11.7. The highest BCUT2D eigenvalue weighted by Gasteiger charge is 2.40. The number of aromatic nitrogens is 3. The molecule has 1 aromatic heterocycles. The van der Waals surface area contributed by atoms with Gasteiger partial charge in [0.2, 0.25) is 0 Å². The molecule has 0 spiro atoms. The number of aryl methyl sites for hydroxylation is 1. The van der Waals surface area contributed by atoms with Gasteiger partial charge in [0.1, 0.15) is 11.6 Å². The molecule has 1 N–H and O–H groups in total. The quantitative estimate of drug-likeness (QED) is 0.366. The van der Waals surface area contributed by atoms with Crippen molar-refractivity contribution in [3.63, 3.8) is 0 Å². The Hall–Kier alpha value is -0.910. The van der Waals surface area contributed by atoms with Gasteiger partial charge in [-0.05, 0) is 33.6 Å². The average Bonchev–Trinajstić information content (AvgIpc) is 2.84. The minimum Gasteiger partial charge on any atom is -0.357 e. The number of sulfone groups is 1. The Morgan fingerprint density at radius 2 is 2.00 bits per heavy atom. The van der Waals surface area contributed by atoms with Crippen LogP contribution < -0.4 is 5.32 Å². The van der Waals surface area contributed by atoms with E-state index < -0.39 is 14.6 Å². The first-order chi connectivity index (χ1) is 12.8. The number of guanidine groups is 1. The van der Waals surface area contributed by atoms with Crippen molar-refractivity contribution in [2.75, 3.05) is 31.9 Å². The number of aliphatic imine (C=N–C) groups is 1. The van der Waals surface area contributed by atoms with Crippen molar-refractivity contribution in [3.05, 3.63) is 11.6 Å². The molecule has 3 rings (SSSR count). The van der Waals surface area contributed by atoms with Gasteiger partial charge in [-0.1, -0.05) is 6.42 Å². The van der Waals surface area contributed by atoms with E-state index in [0.29, 0.717) is 19.6 Å². The smallest absolute Gasteiger partial charge is 0.194 e. The monoisotopic (exact) mass is 524 g/mol. The second-order valence-electron chi connectivity index (χ2n) is 7.98. The maximum absolute atomic E-state index is 12.3. The minimum atomic E-state index is -3.06. The molecule has 0 aliphatic carbocycles. The Morgan fingerprint density at radius 1 is 1.21 bits per heavy atom. The van der Waals surface area contributed by atoms with Crippen LogP contribution in [-0.4, -0.2) is 70.7 Å². The molecule has 0 aromatic carbocycles. The first-order valence-electron chi connectivity index (χ1n) is 10.0. The largest absolute Gasteiger partial charge is 0.357 e. The Kier molecular flexibility index (Phi) is 8.12. The maximum atomic E-state index is 12.3. The summed E-state index contributed by atoms with van der Waals surface area (Å²) in [5.41, 5.74) is 0. The zero-order valence-corrected chi connectivity index (χ0v) is 20.3. The molecule has 1 aromatic rings. The molecule has 0 amide bonds. The van der Waals surface area contributed by atoms with Gasteiger partial charge in [0.25, 0.3) is 0 Å². The van der Waals surface area contributed by atoms with E-state index >= 15 is 0 Å². The molecule has 10 heteroatoms. The Balaban J connectivity index is 0.00000280. The van der Waals surface area contributed by atoms with E-state index in [1.165, 1.54) is 19.3 Å². The van der Waals surface area contributed by atoms with Crippen molar-refractivity contribution in [1.29, 1.82) is 0 Å². The molecular weight excluding hydrogens is 491 g/mol. The third-order valence-corrected chi connectivity index (χ3v) is 7.99. The highest BCUT2D eigenvalue weighted by Crippen LogP contribution is 2.23. The van der Waals surface area contributed by atoms with Crippen molar-refractivity contribution in [2.24, 2.45) is 4.99 Å². The molecule has 2 aliphatic rings. The van der Waals surface area contributed by atoms with Gasteiger partial charge in [0.15, 0.2) is 15.8 Å². The second-order valence-corrected chi connectivity index (χ2v) is 10.7. The second kappa shape index (κ2) is 9.73. The third kappa shape index (κ3) is 5.17. The van der Waals surface area contributed by atoms with Crippen LogP contribution >= 0.6 is 24.0 Å². The fraction of sp³-hybridized carbons (Fsp3) is 0.833. The lowest BCUT2D eigenvalue weighted by Gasteiger charge is -2.39. The molecule has 0 atom stereocenters. The van der Waals surface area contributed by atoms with Gasteiger partial charge in [-0.2, -0.15) is 0 Å². The SMILES string of the molecule is CCNC(=NCCc1nnc2n1CCCCC2)N1CCS(=O)(=O)C(C)(C)C1.I. The molecule has 28 heavy (non-hydrogen) atoms. The van der Waals surface area contributed by atoms with Gasteiger partial charge < -0.3 is 14.8 Å². The zero-order chi connectivity index (χ0) is 19.5. The highest BCUT2D eigenvalue weighted by atomic mass is 127. The molecule has 160 valence electrons. The average molecular weight is 524 g/mol. The molecule has 3 heterocycles. The molecule has 0 unspecified atom stereocenters. The van der Waals surface area contributed by atoms with Crippen LogP contribution in [0.5, 0.6) is 0 Å². The lowest BCUT2D eigenvalue weighted by molar-refractivity contribution is 0.353. The lowest BCUT2D eigenvalue weighted by Crippen LogP contribution is -2.57. The van der Waals surface area contributed by atoms with Crippen LogP contribution in [0.3, 0.4) is 0 Å². The highest BCUT2D eigenvalue weighted by molar-refractivity contribution is 14.0. The van der Waals surface area contributed by atoms with Gasteiger partial charge in [-0.3, -0.25) is 4.99 Å². The van der Waals surface area contributed by atoms with E-state index in [2.05, 4.69) is 25.0 Å². The molecule has 0 radical (unpaired) electrons. The normalized spacial score (nSPS) is 21.4. The number of nitrogens with one attached hydrogen (secondary N) is 1. The van der Waals surface area contributed by atoms with Crippen molar-refractivity contribution >= 4 is 39.8 Å². The Labute approximate surface area is 185 Å². The van der Waals surface area contributed by atoms with Gasteiger partial charge in [0, 0.05) is 45.6 Å². The van der Waals surface area contributed by atoms with Crippen molar-refractivity contribution in [1.82, 2.24) is 25.0 Å². The minimum absolute atomic E-state index is 0. The van der Waals surface area contributed by atoms with Gasteiger partial charge >= 0.3 is 0 Å². The molecule has 2 aliphatic heterocycles. The van der Waals surface area contributed by atoms with Crippen LogP contribution in [0.15, 0.2) is 4.99 Å².